The number of ether oxygens (including phenoxy) is 1. The molecular weight excluding hydrogens is 266 g/mol. The van der Waals surface area contributed by atoms with Gasteiger partial charge in [-0.1, -0.05) is 11.3 Å². The first-order valence-electron chi connectivity index (χ1n) is 5.85. The van der Waals surface area contributed by atoms with E-state index in [1.165, 1.54) is 29.9 Å². The second-order valence-electron chi connectivity index (χ2n) is 3.99. The van der Waals surface area contributed by atoms with Gasteiger partial charge in [0.05, 0.1) is 6.20 Å². The summed E-state index contributed by atoms with van der Waals surface area (Å²) in [6.45, 7) is 0.755. The molecule has 8 heteroatoms. The van der Waals surface area contributed by atoms with E-state index >= 15 is 0 Å². The van der Waals surface area contributed by atoms with E-state index in [9.17, 15) is 4.79 Å². The molecule has 1 fully saturated rings. The molecule has 0 saturated carbocycles. The number of nitrogens with one attached hydrogen (secondary N) is 1. The highest BCUT2D eigenvalue weighted by Crippen LogP contribution is 2.31. The van der Waals surface area contributed by atoms with Gasteiger partial charge >= 0.3 is 0 Å². The monoisotopic (exact) mass is 277 g/mol. The summed E-state index contributed by atoms with van der Waals surface area (Å²) in [5.74, 6) is -0.344. The number of hydrogen-bond donors (Lipinski definition) is 1. The van der Waals surface area contributed by atoms with Crippen LogP contribution in [-0.2, 0) is 4.74 Å². The average molecular weight is 277 g/mol. The Morgan fingerprint density at radius 2 is 2.37 bits per heavy atom. The lowest BCUT2D eigenvalue weighted by atomic mass is 10.2. The molecule has 0 spiro atoms. The van der Waals surface area contributed by atoms with E-state index in [-0.39, 0.29) is 17.7 Å². The lowest BCUT2D eigenvalue weighted by Gasteiger charge is -2.02. The largest absolute Gasteiger partial charge is 0.371 e. The van der Waals surface area contributed by atoms with Gasteiger partial charge in [0.15, 0.2) is 0 Å². The van der Waals surface area contributed by atoms with Gasteiger partial charge in [-0.3, -0.25) is 15.1 Å². The molecule has 98 valence electrons. The molecule has 0 bridgehead atoms. The van der Waals surface area contributed by atoms with Gasteiger partial charge < -0.3 is 4.74 Å². The third-order valence-electron chi connectivity index (χ3n) is 2.66. The Hall–Kier alpha value is -1.93. The number of carbonyl (C=O) groups is 1. The standard InChI is InChI=1S/C11H11N5O2S/c17-9(7-6-12-3-4-13-7)14-11-16-15-10(19-11)8-2-1-5-18-8/h3-4,6,8H,1-2,5H2,(H,14,16,17). The fraction of sp³-hybridized carbons (Fsp3) is 0.364. The first kappa shape index (κ1) is 12.1. The molecule has 1 amide bonds. The zero-order valence-electron chi connectivity index (χ0n) is 9.94. The van der Waals surface area contributed by atoms with Gasteiger partial charge in [-0.15, -0.1) is 10.2 Å². The van der Waals surface area contributed by atoms with E-state index in [1.807, 2.05) is 0 Å². The minimum atomic E-state index is -0.344. The molecule has 2 aromatic rings. The van der Waals surface area contributed by atoms with Gasteiger partial charge in [0.25, 0.3) is 5.91 Å². The Balaban J connectivity index is 1.68. The maximum Gasteiger partial charge on any atom is 0.277 e. The van der Waals surface area contributed by atoms with Gasteiger partial charge in [0.2, 0.25) is 5.13 Å². The normalized spacial score (nSPS) is 18.4. The minimum Gasteiger partial charge on any atom is -0.371 e. The van der Waals surface area contributed by atoms with Gasteiger partial charge in [-0.2, -0.15) is 0 Å². The molecule has 7 nitrogen and oxygen atoms in total. The van der Waals surface area contributed by atoms with E-state index in [1.54, 1.807) is 0 Å². The van der Waals surface area contributed by atoms with Gasteiger partial charge in [-0.25, -0.2) is 4.98 Å². The van der Waals surface area contributed by atoms with Crippen molar-refractivity contribution in [3.63, 3.8) is 0 Å². The number of amides is 1. The van der Waals surface area contributed by atoms with Crippen molar-refractivity contribution < 1.29 is 9.53 Å². The van der Waals surface area contributed by atoms with Gasteiger partial charge in [0, 0.05) is 19.0 Å². The Morgan fingerprint density at radius 1 is 1.42 bits per heavy atom. The van der Waals surface area contributed by atoms with Crippen molar-refractivity contribution in [1.29, 1.82) is 0 Å². The maximum absolute atomic E-state index is 11.8. The van der Waals surface area contributed by atoms with Crippen molar-refractivity contribution in [2.75, 3.05) is 11.9 Å². The maximum atomic E-state index is 11.8. The van der Waals surface area contributed by atoms with E-state index < -0.39 is 0 Å². The predicted molar refractivity (Wildman–Crippen MR) is 67.8 cm³/mol. The van der Waals surface area contributed by atoms with Crippen molar-refractivity contribution in [2.45, 2.75) is 18.9 Å². The van der Waals surface area contributed by atoms with Crippen molar-refractivity contribution in [1.82, 2.24) is 20.2 Å². The van der Waals surface area contributed by atoms with Crippen LogP contribution in [0.2, 0.25) is 0 Å². The molecule has 1 aliphatic rings. The summed E-state index contributed by atoms with van der Waals surface area (Å²) in [6.07, 6.45) is 6.37. The molecule has 3 heterocycles. The van der Waals surface area contributed by atoms with Crippen LogP contribution in [0, 0.1) is 0 Å². The molecule has 0 aliphatic carbocycles. The van der Waals surface area contributed by atoms with Crippen molar-refractivity contribution in [3.05, 3.63) is 29.3 Å². The van der Waals surface area contributed by atoms with Crippen LogP contribution >= 0.6 is 11.3 Å². The summed E-state index contributed by atoms with van der Waals surface area (Å²) in [4.78, 5) is 19.6. The molecule has 0 radical (unpaired) electrons. The molecule has 1 saturated heterocycles. The van der Waals surface area contributed by atoms with Crippen LogP contribution < -0.4 is 5.32 Å². The summed E-state index contributed by atoms with van der Waals surface area (Å²) < 4.78 is 5.51. The van der Waals surface area contributed by atoms with Crippen LogP contribution in [0.15, 0.2) is 18.6 Å². The highest BCUT2D eigenvalue weighted by molar-refractivity contribution is 7.15. The SMILES string of the molecule is O=C(Nc1nnc(C2CCCO2)s1)c1cnccn1. The molecule has 1 atom stereocenters. The van der Waals surface area contributed by atoms with E-state index in [4.69, 9.17) is 4.74 Å². The molecule has 0 aromatic carbocycles. The smallest absolute Gasteiger partial charge is 0.277 e. The summed E-state index contributed by atoms with van der Waals surface area (Å²) in [5, 5.41) is 11.9. The lowest BCUT2D eigenvalue weighted by molar-refractivity contribution is 0.102. The zero-order valence-corrected chi connectivity index (χ0v) is 10.8. The Labute approximate surface area is 113 Å². The van der Waals surface area contributed by atoms with Crippen molar-refractivity contribution >= 4 is 22.4 Å². The third kappa shape index (κ3) is 2.74. The lowest BCUT2D eigenvalue weighted by Crippen LogP contribution is -2.13. The van der Waals surface area contributed by atoms with E-state index in [0.29, 0.717) is 5.13 Å². The fourth-order valence-corrected chi connectivity index (χ4v) is 2.59. The van der Waals surface area contributed by atoms with E-state index in [0.717, 1.165) is 24.5 Å². The average Bonchev–Trinajstić information content (AvgIpc) is 3.10. The number of anilines is 1. The predicted octanol–water partition coefficient (Wildman–Crippen LogP) is 1.43. The number of carbonyl (C=O) groups excluding carboxylic acids is 1. The molecule has 3 rings (SSSR count). The van der Waals surface area contributed by atoms with Gasteiger partial charge in [0.1, 0.15) is 16.8 Å². The Kier molecular flexibility index (Phi) is 3.43. The first-order valence-corrected chi connectivity index (χ1v) is 6.67. The molecule has 19 heavy (non-hydrogen) atoms. The molecule has 1 aliphatic heterocycles. The zero-order chi connectivity index (χ0) is 13.1. The summed E-state index contributed by atoms with van der Waals surface area (Å²) >= 11 is 1.33. The first-order chi connectivity index (χ1) is 9.33. The van der Waals surface area contributed by atoms with Crippen molar-refractivity contribution in [2.24, 2.45) is 0 Å². The van der Waals surface area contributed by atoms with E-state index in [2.05, 4.69) is 25.5 Å². The fourth-order valence-electron chi connectivity index (χ4n) is 1.77. The van der Waals surface area contributed by atoms with Gasteiger partial charge in [-0.05, 0) is 12.8 Å². The summed E-state index contributed by atoms with van der Waals surface area (Å²) in [7, 11) is 0. The van der Waals surface area contributed by atoms with Crippen LogP contribution in [0.1, 0.15) is 34.4 Å². The number of rotatable bonds is 3. The van der Waals surface area contributed by atoms with Crippen LogP contribution in [-0.4, -0.2) is 32.7 Å². The second kappa shape index (κ2) is 5.37. The summed E-state index contributed by atoms with van der Waals surface area (Å²) in [6, 6.07) is 0. The van der Waals surface area contributed by atoms with Crippen LogP contribution in [0.5, 0.6) is 0 Å². The number of aromatic nitrogens is 4. The minimum absolute atomic E-state index is 0.0136. The quantitative estimate of drug-likeness (QED) is 0.912. The summed E-state index contributed by atoms with van der Waals surface area (Å²) in [5.41, 5.74) is 0.247. The molecule has 1 unspecified atom stereocenters. The topological polar surface area (TPSA) is 89.9 Å². The molecule has 1 N–H and O–H groups in total. The highest BCUT2D eigenvalue weighted by atomic mass is 32.1. The molecular formula is C11H11N5O2S. The van der Waals surface area contributed by atoms with Crippen LogP contribution in [0.3, 0.4) is 0 Å². The van der Waals surface area contributed by atoms with Crippen LogP contribution in [0.25, 0.3) is 0 Å². The Bertz CT molecular complexity index is 567. The third-order valence-corrected chi connectivity index (χ3v) is 3.59. The van der Waals surface area contributed by atoms with Crippen LogP contribution in [0.4, 0.5) is 5.13 Å². The number of hydrogen-bond acceptors (Lipinski definition) is 7. The Morgan fingerprint density at radius 3 is 3.11 bits per heavy atom. The number of nitrogens with zero attached hydrogens (tertiary/aromatic N) is 4. The van der Waals surface area contributed by atoms with Crippen molar-refractivity contribution in [3.8, 4) is 0 Å². The molecule has 2 aromatic heterocycles. The highest BCUT2D eigenvalue weighted by Gasteiger charge is 2.22. The second-order valence-corrected chi connectivity index (χ2v) is 5.00.